The fraction of sp³-hybridized carbons (Fsp3) is 0.433. The molecule has 234 valence electrons. The van der Waals surface area contributed by atoms with E-state index in [1.807, 2.05) is 0 Å². The van der Waals surface area contributed by atoms with Gasteiger partial charge in [0, 0.05) is 70.1 Å². The third-order valence-electron chi connectivity index (χ3n) is 7.45. The normalized spacial score (nSPS) is 14.1. The number of ether oxygens (including phenoxy) is 2. The van der Waals surface area contributed by atoms with Crippen molar-refractivity contribution in [1.82, 2.24) is 31.1 Å². The minimum absolute atomic E-state index is 0.00189. The number of ketones is 1. The van der Waals surface area contributed by atoms with E-state index in [4.69, 9.17) is 13.9 Å². The maximum atomic E-state index is 12.8. The summed E-state index contributed by atoms with van der Waals surface area (Å²) >= 11 is 0. The summed E-state index contributed by atoms with van der Waals surface area (Å²) < 4.78 is 17.2. The Labute approximate surface area is 253 Å². The van der Waals surface area contributed by atoms with Crippen molar-refractivity contribution in [3.8, 4) is 11.5 Å². The molecule has 4 N–H and O–H groups in total. The monoisotopic (exact) mass is 608 g/mol. The largest absolute Gasteiger partial charge is 0.449 e. The van der Waals surface area contributed by atoms with Crippen LogP contribution in [-0.2, 0) is 9.59 Å². The van der Waals surface area contributed by atoms with E-state index in [2.05, 4.69) is 21.3 Å². The van der Waals surface area contributed by atoms with Gasteiger partial charge in [-0.05, 0) is 18.9 Å². The number of nitrogens with zero attached hydrogens (tertiary/aromatic N) is 2. The van der Waals surface area contributed by atoms with Gasteiger partial charge in [-0.3, -0.25) is 14.4 Å². The number of hydrogen-bond donors (Lipinski definition) is 4. The Hall–Kier alpha value is -4.69. The zero-order chi connectivity index (χ0) is 31.1. The Morgan fingerprint density at radius 1 is 0.727 bits per heavy atom. The Kier molecular flexibility index (Phi) is 9.92. The topological polar surface area (TPSA) is 172 Å². The van der Waals surface area contributed by atoms with E-state index in [9.17, 15) is 24.0 Å². The first-order valence-corrected chi connectivity index (χ1v) is 14.7. The number of rotatable bonds is 13. The van der Waals surface area contributed by atoms with Gasteiger partial charge in [0.15, 0.2) is 28.6 Å². The van der Waals surface area contributed by atoms with Crippen LogP contribution in [0.3, 0.4) is 0 Å². The highest BCUT2D eigenvalue weighted by Gasteiger charge is 2.25. The van der Waals surface area contributed by atoms with E-state index in [1.54, 1.807) is 34.1 Å². The molecule has 2 saturated heterocycles. The highest BCUT2D eigenvalue weighted by atomic mass is 16.6. The molecule has 0 spiro atoms. The molecule has 14 nitrogen and oxygen atoms in total. The van der Waals surface area contributed by atoms with Gasteiger partial charge in [0.05, 0.1) is 18.5 Å². The van der Waals surface area contributed by atoms with Crippen molar-refractivity contribution in [2.75, 3.05) is 65.4 Å². The molecule has 4 amide bonds. The summed E-state index contributed by atoms with van der Waals surface area (Å²) in [6, 6.07) is 8.29. The first-order chi connectivity index (χ1) is 21.3. The van der Waals surface area contributed by atoms with E-state index < -0.39 is 12.2 Å². The number of nitrogens with one attached hydrogen (secondary N) is 4. The lowest BCUT2D eigenvalue weighted by Crippen LogP contribution is -2.47. The number of amides is 4. The first kappa shape index (κ1) is 30.8. The van der Waals surface area contributed by atoms with E-state index in [-0.39, 0.29) is 72.0 Å². The molecule has 0 saturated carbocycles. The molecule has 2 fully saturated rings. The van der Waals surface area contributed by atoms with E-state index in [0.717, 1.165) is 39.0 Å². The molecule has 5 rings (SSSR count). The first-order valence-electron chi connectivity index (χ1n) is 14.7. The van der Waals surface area contributed by atoms with E-state index in [0.29, 0.717) is 23.9 Å². The minimum atomic E-state index is -0.764. The zero-order valence-electron chi connectivity index (χ0n) is 24.5. The average molecular weight is 609 g/mol. The third kappa shape index (κ3) is 7.26. The van der Waals surface area contributed by atoms with Gasteiger partial charge in [-0.15, -0.1) is 0 Å². The molecule has 1 aromatic heterocycles. The summed E-state index contributed by atoms with van der Waals surface area (Å²) in [5, 5.41) is 12.4. The molecule has 0 atom stereocenters. The van der Waals surface area contributed by atoms with Crippen LogP contribution in [0.5, 0.6) is 11.5 Å². The Morgan fingerprint density at radius 3 is 1.70 bits per heavy atom. The van der Waals surface area contributed by atoms with Crippen LogP contribution in [0, 0.1) is 0 Å². The fourth-order valence-corrected chi connectivity index (χ4v) is 4.77. The summed E-state index contributed by atoms with van der Waals surface area (Å²) in [6.07, 6.45) is 0.530. The van der Waals surface area contributed by atoms with Gasteiger partial charge in [0.25, 0.3) is 0 Å². The highest BCUT2D eigenvalue weighted by molar-refractivity contribution is 6.12. The maximum Gasteiger partial charge on any atom is 0.412 e. The molecule has 44 heavy (non-hydrogen) atoms. The van der Waals surface area contributed by atoms with Crippen molar-refractivity contribution in [3.05, 3.63) is 36.1 Å². The van der Waals surface area contributed by atoms with Crippen molar-refractivity contribution in [3.63, 3.8) is 0 Å². The molecule has 3 aromatic rings. The van der Waals surface area contributed by atoms with Crippen molar-refractivity contribution in [2.24, 2.45) is 0 Å². The van der Waals surface area contributed by atoms with Crippen LogP contribution in [0.25, 0.3) is 21.7 Å². The van der Waals surface area contributed by atoms with Crippen LogP contribution >= 0.6 is 0 Å². The number of hydrogen-bond acceptors (Lipinski definition) is 10. The van der Waals surface area contributed by atoms with Crippen LogP contribution < -0.4 is 30.7 Å². The highest BCUT2D eigenvalue weighted by Crippen LogP contribution is 2.44. The van der Waals surface area contributed by atoms with Crippen molar-refractivity contribution < 1.29 is 37.9 Å². The predicted molar refractivity (Wildman–Crippen MR) is 160 cm³/mol. The summed E-state index contributed by atoms with van der Waals surface area (Å²) in [4.78, 5) is 65.2. The van der Waals surface area contributed by atoms with Gasteiger partial charge in [-0.2, -0.15) is 0 Å². The van der Waals surface area contributed by atoms with Gasteiger partial charge < -0.3 is 45.0 Å². The van der Waals surface area contributed by atoms with Gasteiger partial charge in [0.1, 0.15) is 0 Å². The fourth-order valence-electron chi connectivity index (χ4n) is 4.77. The number of likely N-dealkylation sites (tertiary alicyclic amines) is 2. The second kappa shape index (κ2) is 14.2. The quantitative estimate of drug-likeness (QED) is 0.165. The zero-order valence-corrected chi connectivity index (χ0v) is 24.5. The molecule has 3 heterocycles. The second-order valence-electron chi connectivity index (χ2n) is 10.6. The van der Waals surface area contributed by atoms with Crippen LogP contribution in [0.4, 0.5) is 9.59 Å². The Morgan fingerprint density at radius 2 is 1.23 bits per heavy atom. The molecule has 0 bridgehead atoms. The summed E-state index contributed by atoms with van der Waals surface area (Å²) in [6.45, 7) is 5.94. The van der Waals surface area contributed by atoms with Gasteiger partial charge >= 0.3 is 12.2 Å². The van der Waals surface area contributed by atoms with Crippen LogP contribution in [0.2, 0.25) is 0 Å². The number of benzene rings is 2. The third-order valence-corrected chi connectivity index (χ3v) is 7.45. The summed E-state index contributed by atoms with van der Waals surface area (Å²) in [5.74, 6) is -0.129. The lowest BCUT2D eigenvalue weighted by Gasteiger charge is -2.30. The second-order valence-corrected chi connectivity index (χ2v) is 10.6. The van der Waals surface area contributed by atoms with Gasteiger partial charge in [0.2, 0.25) is 11.8 Å². The number of carbonyl (C=O) groups excluding carboxylic acids is 5. The van der Waals surface area contributed by atoms with Crippen molar-refractivity contribution in [1.29, 1.82) is 0 Å². The van der Waals surface area contributed by atoms with Crippen LogP contribution in [0.15, 0.2) is 34.7 Å². The number of Topliss-reactive ketones (excluding diaryl/α,β-unsaturated/α-hetero) is 1. The standard InChI is InChI=1S/C30H36N6O8/c1-19(37)23-16-22-26(43-29(40)33-10-8-31-17-24(38)35-12-4-13-35)20-6-2-3-7-21(20)27(28(22)42-23)44-30(41)34-11-9-32-18-25(39)36-14-5-15-36/h2-3,6-7,16,31-32H,4-5,8-15,17-18H2,1H3,(H,33,40)(H,34,41). The number of fused-ring (bicyclic) bond motifs is 2. The van der Waals surface area contributed by atoms with Gasteiger partial charge in [-0.25, -0.2) is 9.59 Å². The average Bonchev–Trinajstić information content (AvgIpc) is 3.38. The molecule has 0 aliphatic carbocycles. The molecule has 14 heteroatoms. The molecular formula is C30H36N6O8. The molecule has 0 radical (unpaired) electrons. The van der Waals surface area contributed by atoms with Crippen molar-refractivity contribution in [2.45, 2.75) is 19.8 Å². The van der Waals surface area contributed by atoms with Gasteiger partial charge in [-0.1, -0.05) is 24.3 Å². The Bertz CT molecular complexity index is 1460. The van der Waals surface area contributed by atoms with E-state index >= 15 is 0 Å². The Balaban J connectivity index is 1.24. The smallest absolute Gasteiger partial charge is 0.412 e. The number of furan rings is 1. The summed E-state index contributed by atoms with van der Waals surface area (Å²) in [7, 11) is 0. The minimum Gasteiger partial charge on any atom is -0.449 e. The molecule has 2 aliphatic rings. The predicted octanol–water partition coefficient (Wildman–Crippen LogP) is 1.61. The molecule has 0 unspecified atom stereocenters. The SMILES string of the molecule is CC(=O)c1cc2c(OC(=O)NCCNCC(=O)N3CCC3)c3ccccc3c(OC(=O)NCCNCC(=O)N3CCC3)c2o1. The molecule has 2 aliphatic heterocycles. The lowest BCUT2D eigenvalue weighted by atomic mass is 10.1. The lowest BCUT2D eigenvalue weighted by molar-refractivity contribution is -0.134. The van der Waals surface area contributed by atoms with Crippen LogP contribution in [0.1, 0.15) is 30.3 Å². The number of carbonyl (C=O) groups is 5. The van der Waals surface area contributed by atoms with Crippen LogP contribution in [-0.4, -0.2) is 105 Å². The summed E-state index contributed by atoms with van der Waals surface area (Å²) in [5.41, 5.74) is 0.0660. The molecule has 2 aromatic carbocycles. The maximum absolute atomic E-state index is 12.8. The van der Waals surface area contributed by atoms with Crippen molar-refractivity contribution >= 4 is 51.5 Å². The van der Waals surface area contributed by atoms with E-state index in [1.165, 1.54) is 13.0 Å². The molecular weight excluding hydrogens is 572 g/mol.